The summed E-state index contributed by atoms with van der Waals surface area (Å²) in [6, 6.07) is 0. The van der Waals surface area contributed by atoms with E-state index >= 15 is 0 Å². The van der Waals surface area contributed by atoms with Gasteiger partial charge >= 0.3 is 0 Å². The minimum atomic E-state index is 0.0433. The first-order valence-corrected chi connectivity index (χ1v) is 8.08. The van der Waals surface area contributed by atoms with E-state index < -0.39 is 0 Å². The molecule has 18 heavy (non-hydrogen) atoms. The van der Waals surface area contributed by atoms with Gasteiger partial charge in [-0.15, -0.1) is 10.2 Å². The first kappa shape index (κ1) is 15.7. The Morgan fingerprint density at radius 1 is 1.11 bits per heavy atom. The molecule has 0 saturated heterocycles. The number of nitrogens with zero attached hydrogens (tertiary/aromatic N) is 3. The Bertz CT molecular complexity index is 360. The quantitative estimate of drug-likeness (QED) is 0.717. The number of hydrogen-bond acceptors (Lipinski definition) is 2. The fourth-order valence-electron chi connectivity index (χ4n) is 2.51. The van der Waals surface area contributed by atoms with Gasteiger partial charge in [-0.2, -0.15) is 0 Å². The van der Waals surface area contributed by atoms with Gasteiger partial charge in [-0.3, -0.25) is 0 Å². The van der Waals surface area contributed by atoms with E-state index in [1.807, 2.05) is 0 Å². The molecule has 0 aliphatic carbocycles. The molecule has 0 saturated carbocycles. The second-order valence-corrected chi connectivity index (χ2v) is 6.45. The second-order valence-electron chi connectivity index (χ2n) is 5.89. The molecule has 0 N–H and O–H groups in total. The highest BCUT2D eigenvalue weighted by Gasteiger charge is 2.26. The SMILES string of the molecule is CCCC(CCC)c1nnc(CBr)n1C(C)(C)C. The van der Waals surface area contributed by atoms with Crippen LogP contribution in [-0.2, 0) is 10.9 Å². The van der Waals surface area contributed by atoms with Crippen LogP contribution in [0.25, 0.3) is 0 Å². The molecule has 0 amide bonds. The first-order chi connectivity index (χ1) is 8.45. The summed E-state index contributed by atoms with van der Waals surface area (Å²) in [6.45, 7) is 11.2. The fourth-order valence-corrected chi connectivity index (χ4v) is 2.87. The van der Waals surface area contributed by atoms with Crippen LogP contribution in [0.15, 0.2) is 0 Å². The van der Waals surface area contributed by atoms with Crippen molar-refractivity contribution in [3.63, 3.8) is 0 Å². The predicted octanol–water partition coefficient (Wildman–Crippen LogP) is 4.61. The maximum atomic E-state index is 4.47. The highest BCUT2D eigenvalue weighted by molar-refractivity contribution is 9.08. The molecule has 0 aliphatic heterocycles. The Morgan fingerprint density at radius 3 is 2.06 bits per heavy atom. The summed E-state index contributed by atoms with van der Waals surface area (Å²) in [5, 5.41) is 9.59. The summed E-state index contributed by atoms with van der Waals surface area (Å²) >= 11 is 3.52. The van der Waals surface area contributed by atoms with Gasteiger partial charge in [0.25, 0.3) is 0 Å². The highest BCUT2D eigenvalue weighted by atomic mass is 79.9. The van der Waals surface area contributed by atoms with Gasteiger partial charge in [0.05, 0.1) is 5.33 Å². The molecule has 1 heterocycles. The zero-order valence-corrected chi connectivity index (χ0v) is 13.9. The third-order valence-electron chi connectivity index (χ3n) is 3.18. The van der Waals surface area contributed by atoms with Crippen LogP contribution >= 0.6 is 15.9 Å². The Hall–Kier alpha value is -0.380. The average molecular weight is 316 g/mol. The maximum Gasteiger partial charge on any atom is 0.144 e. The van der Waals surface area contributed by atoms with Crippen LogP contribution in [0.4, 0.5) is 0 Å². The summed E-state index contributed by atoms with van der Waals surface area (Å²) in [4.78, 5) is 0. The lowest BCUT2D eigenvalue weighted by Gasteiger charge is -2.27. The standard InChI is InChI=1S/C14H26BrN3/c1-6-8-11(9-7-2)13-17-16-12(10-15)18(13)14(3,4)5/h11H,6-10H2,1-5H3. The van der Waals surface area contributed by atoms with Crippen molar-refractivity contribution in [1.82, 2.24) is 14.8 Å². The smallest absolute Gasteiger partial charge is 0.144 e. The van der Waals surface area contributed by atoms with Crippen molar-refractivity contribution in [1.29, 1.82) is 0 Å². The number of hydrogen-bond donors (Lipinski definition) is 0. The molecule has 1 aromatic heterocycles. The van der Waals surface area contributed by atoms with E-state index in [2.05, 4.69) is 65.3 Å². The van der Waals surface area contributed by atoms with Crippen molar-refractivity contribution in [2.45, 2.75) is 77.1 Å². The van der Waals surface area contributed by atoms with Crippen LogP contribution in [0.1, 0.15) is 77.9 Å². The van der Waals surface area contributed by atoms with Crippen molar-refractivity contribution in [3.05, 3.63) is 11.6 Å². The van der Waals surface area contributed by atoms with Crippen LogP contribution in [0.2, 0.25) is 0 Å². The van der Waals surface area contributed by atoms with Crippen molar-refractivity contribution >= 4 is 15.9 Å². The largest absolute Gasteiger partial charge is 0.309 e. The Morgan fingerprint density at radius 2 is 1.67 bits per heavy atom. The van der Waals surface area contributed by atoms with Crippen LogP contribution in [0, 0.1) is 0 Å². The van der Waals surface area contributed by atoms with E-state index in [9.17, 15) is 0 Å². The second kappa shape index (κ2) is 6.69. The third-order valence-corrected chi connectivity index (χ3v) is 3.69. The first-order valence-electron chi connectivity index (χ1n) is 6.96. The van der Waals surface area contributed by atoms with E-state index in [-0.39, 0.29) is 5.54 Å². The van der Waals surface area contributed by atoms with Crippen molar-refractivity contribution in [2.75, 3.05) is 0 Å². The van der Waals surface area contributed by atoms with E-state index in [4.69, 9.17) is 0 Å². The number of alkyl halides is 1. The molecule has 0 aliphatic rings. The number of halogens is 1. The van der Waals surface area contributed by atoms with Gasteiger partial charge in [-0.05, 0) is 33.6 Å². The van der Waals surface area contributed by atoms with E-state index in [0.717, 1.165) is 11.2 Å². The van der Waals surface area contributed by atoms with Gasteiger partial charge in [0.1, 0.15) is 11.6 Å². The van der Waals surface area contributed by atoms with Gasteiger partial charge in [-0.25, -0.2) is 0 Å². The summed E-state index contributed by atoms with van der Waals surface area (Å²) in [5.74, 6) is 2.75. The van der Waals surface area contributed by atoms with Crippen molar-refractivity contribution in [3.8, 4) is 0 Å². The van der Waals surface area contributed by atoms with Crippen LogP contribution in [-0.4, -0.2) is 14.8 Å². The Kier molecular flexibility index (Phi) is 5.83. The molecule has 0 aromatic carbocycles. The summed E-state index contributed by atoms with van der Waals surface area (Å²) in [6.07, 6.45) is 4.80. The van der Waals surface area contributed by atoms with Gasteiger partial charge < -0.3 is 4.57 Å². The molecule has 1 aromatic rings. The lowest BCUT2D eigenvalue weighted by Crippen LogP contribution is -2.27. The molecule has 4 heteroatoms. The average Bonchev–Trinajstić information content (AvgIpc) is 2.72. The van der Waals surface area contributed by atoms with E-state index in [0.29, 0.717) is 5.92 Å². The van der Waals surface area contributed by atoms with Crippen LogP contribution < -0.4 is 0 Å². The Labute approximate surface area is 120 Å². The molecular formula is C14H26BrN3. The topological polar surface area (TPSA) is 30.7 Å². The zero-order valence-electron chi connectivity index (χ0n) is 12.3. The summed E-state index contributed by atoms with van der Waals surface area (Å²) in [7, 11) is 0. The Balaban J connectivity index is 3.17. The number of aromatic nitrogens is 3. The summed E-state index contributed by atoms with van der Waals surface area (Å²) in [5.41, 5.74) is 0.0433. The molecular weight excluding hydrogens is 290 g/mol. The molecule has 104 valence electrons. The zero-order chi connectivity index (χ0) is 13.8. The highest BCUT2D eigenvalue weighted by Crippen LogP contribution is 2.30. The molecule has 0 spiro atoms. The predicted molar refractivity (Wildman–Crippen MR) is 80.2 cm³/mol. The van der Waals surface area contributed by atoms with E-state index in [1.165, 1.54) is 31.5 Å². The third kappa shape index (κ3) is 3.56. The molecule has 0 bridgehead atoms. The summed E-state index contributed by atoms with van der Waals surface area (Å²) < 4.78 is 2.32. The minimum absolute atomic E-state index is 0.0433. The number of rotatable bonds is 6. The van der Waals surface area contributed by atoms with Gasteiger partial charge in [0.2, 0.25) is 0 Å². The molecule has 0 unspecified atom stereocenters. The molecule has 0 atom stereocenters. The lowest BCUT2D eigenvalue weighted by molar-refractivity contribution is 0.355. The maximum absolute atomic E-state index is 4.47. The van der Waals surface area contributed by atoms with Gasteiger partial charge in [0, 0.05) is 11.5 Å². The van der Waals surface area contributed by atoms with Crippen molar-refractivity contribution in [2.24, 2.45) is 0 Å². The molecule has 0 fully saturated rings. The van der Waals surface area contributed by atoms with Crippen LogP contribution in [0.5, 0.6) is 0 Å². The fraction of sp³-hybridized carbons (Fsp3) is 0.857. The normalized spacial score (nSPS) is 12.4. The minimum Gasteiger partial charge on any atom is -0.309 e. The monoisotopic (exact) mass is 315 g/mol. The molecule has 0 radical (unpaired) electrons. The van der Waals surface area contributed by atoms with Gasteiger partial charge in [-0.1, -0.05) is 42.6 Å². The molecule has 3 nitrogen and oxygen atoms in total. The van der Waals surface area contributed by atoms with Gasteiger partial charge in [0.15, 0.2) is 0 Å². The van der Waals surface area contributed by atoms with Crippen molar-refractivity contribution < 1.29 is 0 Å². The van der Waals surface area contributed by atoms with E-state index in [1.54, 1.807) is 0 Å². The lowest BCUT2D eigenvalue weighted by atomic mass is 9.96. The van der Waals surface area contributed by atoms with Crippen LogP contribution in [0.3, 0.4) is 0 Å². The molecule has 1 rings (SSSR count).